The normalized spacial score (nSPS) is 14.5. The van der Waals surface area contributed by atoms with E-state index < -0.39 is 0 Å². The summed E-state index contributed by atoms with van der Waals surface area (Å²) in [6, 6.07) is 6.33. The lowest BCUT2D eigenvalue weighted by molar-refractivity contribution is 0.0931. The van der Waals surface area contributed by atoms with Crippen molar-refractivity contribution in [3.8, 4) is 10.6 Å². The second kappa shape index (κ2) is 9.69. The van der Waals surface area contributed by atoms with Crippen LogP contribution >= 0.6 is 36.2 Å². The molecule has 4 rings (SSSR count). The van der Waals surface area contributed by atoms with Crippen molar-refractivity contribution in [3.05, 3.63) is 35.3 Å². The third-order valence-corrected chi connectivity index (χ3v) is 5.64. The molecule has 1 amide bonds. The van der Waals surface area contributed by atoms with Crippen molar-refractivity contribution in [1.29, 1.82) is 0 Å². The zero-order valence-corrected chi connectivity index (χ0v) is 18.3. The summed E-state index contributed by atoms with van der Waals surface area (Å²) in [4.78, 5) is 18.9. The first kappa shape index (κ1) is 22.6. The highest BCUT2D eigenvalue weighted by Gasteiger charge is 2.21. The van der Waals surface area contributed by atoms with Crippen LogP contribution in [0.4, 0.5) is 0 Å². The molecule has 4 heterocycles. The largest absolute Gasteiger partial charge is 0.349 e. The molecule has 1 saturated heterocycles. The van der Waals surface area contributed by atoms with Gasteiger partial charge in [-0.25, -0.2) is 9.67 Å². The lowest BCUT2D eigenvalue weighted by Crippen LogP contribution is -2.42. The van der Waals surface area contributed by atoms with Crippen molar-refractivity contribution in [2.45, 2.75) is 38.8 Å². The molecular weight excluding hydrogens is 417 g/mol. The van der Waals surface area contributed by atoms with Crippen LogP contribution in [-0.4, -0.2) is 39.8 Å². The van der Waals surface area contributed by atoms with E-state index in [9.17, 15) is 4.79 Å². The number of thiophene rings is 1. The first-order valence-electron chi connectivity index (χ1n) is 9.07. The summed E-state index contributed by atoms with van der Waals surface area (Å²) in [5.74, 6) is -0.0367. The molecule has 0 aromatic carbocycles. The molecular formula is C19H25Cl2N5OS. The van der Waals surface area contributed by atoms with Gasteiger partial charge in [-0.05, 0) is 57.3 Å². The Kier molecular flexibility index (Phi) is 7.83. The van der Waals surface area contributed by atoms with Gasteiger partial charge in [-0.1, -0.05) is 6.07 Å². The molecule has 6 nitrogen and oxygen atoms in total. The van der Waals surface area contributed by atoms with Crippen LogP contribution in [0.15, 0.2) is 29.8 Å². The molecule has 9 heteroatoms. The van der Waals surface area contributed by atoms with E-state index in [-0.39, 0.29) is 42.8 Å². The van der Waals surface area contributed by atoms with E-state index in [0.29, 0.717) is 5.56 Å². The summed E-state index contributed by atoms with van der Waals surface area (Å²) in [6.45, 7) is 6.03. The van der Waals surface area contributed by atoms with Gasteiger partial charge in [-0.3, -0.25) is 4.79 Å². The quantitative estimate of drug-likeness (QED) is 0.639. The van der Waals surface area contributed by atoms with Gasteiger partial charge in [0.15, 0.2) is 5.65 Å². The van der Waals surface area contributed by atoms with Crippen molar-refractivity contribution < 1.29 is 4.79 Å². The molecule has 1 fully saturated rings. The maximum absolute atomic E-state index is 13.0. The minimum absolute atomic E-state index is 0. The van der Waals surface area contributed by atoms with Crippen LogP contribution in [0.1, 0.15) is 43.1 Å². The van der Waals surface area contributed by atoms with Gasteiger partial charge in [0.25, 0.3) is 5.91 Å². The molecule has 1 aliphatic heterocycles. The summed E-state index contributed by atoms with van der Waals surface area (Å²) in [5, 5.41) is 13.8. The SMILES string of the molecule is CC(C)n1ncc2c(C(=O)NC3CCNCC3)cc(-c3cccs3)nc21.Cl.Cl. The number of halogens is 2. The summed E-state index contributed by atoms with van der Waals surface area (Å²) < 4.78 is 1.88. The topological polar surface area (TPSA) is 71.8 Å². The molecule has 1 aliphatic rings. The number of rotatable bonds is 4. The predicted octanol–water partition coefficient (Wildman–Crippen LogP) is 4.07. The Hall–Kier alpha value is -1.67. The minimum Gasteiger partial charge on any atom is -0.349 e. The Balaban J connectivity index is 0.00000140. The van der Waals surface area contributed by atoms with Gasteiger partial charge in [-0.15, -0.1) is 36.2 Å². The van der Waals surface area contributed by atoms with Gasteiger partial charge < -0.3 is 10.6 Å². The minimum atomic E-state index is -0.0367. The van der Waals surface area contributed by atoms with E-state index in [1.165, 1.54) is 0 Å². The van der Waals surface area contributed by atoms with E-state index in [4.69, 9.17) is 4.98 Å². The maximum atomic E-state index is 13.0. The van der Waals surface area contributed by atoms with E-state index in [1.807, 2.05) is 28.3 Å². The number of hydrogen-bond donors (Lipinski definition) is 2. The van der Waals surface area contributed by atoms with Crippen LogP contribution in [0.5, 0.6) is 0 Å². The summed E-state index contributed by atoms with van der Waals surface area (Å²) in [7, 11) is 0. The van der Waals surface area contributed by atoms with Crippen LogP contribution in [-0.2, 0) is 0 Å². The fourth-order valence-corrected chi connectivity index (χ4v) is 4.05. The third-order valence-electron chi connectivity index (χ3n) is 4.75. The molecule has 2 N–H and O–H groups in total. The molecule has 0 radical (unpaired) electrons. The second-order valence-corrected chi connectivity index (χ2v) is 7.90. The van der Waals surface area contributed by atoms with Crippen LogP contribution < -0.4 is 10.6 Å². The molecule has 3 aromatic rings. The summed E-state index contributed by atoms with van der Waals surface area (Å²) >= 11 is 1.63. The van der Waals surface area contributed by atoms with Crippen molar-refractivity contribution in [3.63, 3.8) is 0 Å². The zero-order chi connectivity index (χ0) is 18.1. The third kappa shape index (κ3) is 4.49. The Bertz CT molecular complexity index is 920. The van der Waals surface area contributed by atoms with Crippen LogP contribution in [0.2, 0.25) is 0 Å². The fourth-order valence-electron chi connectivity index (χ4n) is 3.36. The highest BCUT2D eigenvalue weighted by molar-refractivity contribution is 7.13. The highest BCUT2D eigenvalue weighted by Crippen LogP contribution is 2.29. The number of piperidine rings is 1. The molecule has 0 aliphatic carbocycles. The van der Waals surface area contributed by atoms with E-state index in [0.717, 1.165) is 47.5 Å². The number of hydrogen-bond acceptors (Lipinski definition) is 5. The van der Waals surface area contributed by atoms with Crippen molar-refractivity contribution in [2.24, 2.45) is 0 Å². The standard InChI is InChI=1S/C19H23N5OS.2ClH/c1-12(2)24-18-15(11-21-24)14(10-16(23-18)17-4-3-9-26-17)19(25)22-13-5-7-20-8-6-13;;/h3-4,9-13,20H,5-8H2,1-2H3,(H,22,25);2*1H. The first-order valence-corrected chi connectivity index (χ1v) is 9.95. The van der Waals surface area contributed by atoms with Gasteiger partial charge >= 0.3 is 0 Å². The molecule has 3 aromatic heterocycles. The fraction of sp³-hybridized carbons (Fsp3) is 0.421. The Labute approximate surface area is 180 Å². The Morgan fingerprint density at radius 3 is 2.71 bits per heavy atom. The number of carbonyl (C=O) groups excluding carboxylic acids is 1. The number of amides is 1. The lowest BCUT2D eigenvalue weighted by atomic mass is 10.0. The van der Waals surface area contributed by atoms with Crippen LogP contribution in [0.25, 0.3) is 21.6 Å². The average Bonchev–Trinajstić information content (AvgIpc) is 3.31. The summed E-state index contributed by atoms with van der Waals surface area (Å²) in [5.41, 5.74) is 2.25. The summed E-state index contributed by atoms with van der Waals surface area (Å²) in [6.07, 6.45) is 3.68. The molecule has 152 valence electrons. The molecule has 0 bridgehead atoms. The molecule has 0 saturated carbocycles. The highest BCUT2D eigenvalue weighted by atomic mass is 35.5. The molecule has 28 heavy (non-hydrogen) atoms. The van der Waals surface area contributed by atoms with Crippen molar-refractivity contribution in [2.75, 3.05) is 13.1 Å². The van der Waals surface area contributed by atoms with Gasteiger partial charge in [0.1, 0.15) is 0 Å². The van der Waals surface area contributed by atoms with Crippen molar-refractivity contribution in [1.82, 2.24) is 25.4 Å². The number of aromatic nitrogens is 3. The van der Waals surface area contributed by atoms with E-state index in [1.54, 1.807) is 17.5 Å². The van der Waals surface area contributed by atoms with E-state index >= 15 is 0 Å². The average molecular weight is 442 g/mol. The molecule has 0 atom stereocenters. The monoisotopic (exact) mass is 441 g/mol. The Morgan fingerprint density at radius 1 is 1.32 bits per heavy atom. The predicted molar refractivity (Wildman–Crippen MR) is 119 cm³/mol. The molecule has 0 unspecified atom stereocenters. The number of nitrogens with zero attached hydrogens (tertiary/aromatic N) is 3. The molecule has 0 spiro atoms. The smallest absolute Gasteiger partial charge is 0.252 e. The first-order chi connectivity index (χ1) is 12.6. The van der Waals surface area contributed by atoms with Gasteiger partial charge in [-0.2, -0.15) is 5.10 Å². The van der Waals surface area contributed by atoms with Crippen LogP contribution in [0.3, 0.4) is 0 Å². The number of carbonyl (C=O) groups is 1. The second-order valence-electron chi connectivity index (χ2n) is 6.95. The van der Waals surface area contributed by atoms with Crippen molar-refractivity contribution >= 4 is 53.1 Å². The number of pyridine rings is 1. The van der Waals surface area contributed by atoms with Gasteiger partial charge in [0.05, 0.1) is 27.7 Å². The number of nitrogens with one attached hydrogen (secondary N) is 2. The van der Waals surface area contributed by atoms with E-state index in [2.05, 4.69) is 29.6 Å². The maximum Gasteiger partial charge on any atom is 0.252 e. The van der Waals surface area contributed by atoms with Gasteiger partial charge in [0, 0.05) is 12.1 Å². The number of fused-ring (bicyclic) bond motifs is 1. The Morgan fingerprint density at radius 2 is 2.07 bits per heavy atom. The van der Waals surface area contributed by atoms with Gasteiger partial charge in [0.2, 0.25) is 0 Å². The zero-order valence-electron chi connectivity index (χ0n) is 15.8. The van der Waals surface area contributed by atoms with Crippen LogP contribution in [0, 0.1) is 0 Å². The lowest BCUT2D eigenvalue weighted by Gasteiger charge is -2.23.